The van der Waals surface area contributed by atoms with Crippen molar-refractivity contribution in [1.82, 2.24) is 0 Å². The summed E-state index contributed by atoms with van der Waals surface area (Å²) in [6.07, 6.45) is 6.18. The molecule has 6 atom stereocenters. The van der Waals surface area contributed by atoms with E-state index in [1.54, 1.807) is 0 Å². The van der Waals surface area contributed by atoms with Gasteiger partial charge in [0, 0.05) is 30.1 Å². The summed E-state index contributed by atoms with van der Waals surface area (Å²) in [6.45, 7) is 21.3. The smallest absolute Gasteiger partial charge is 0.191 e. The van der Waals surface area contributed by atoms with Crippen LogP contribution < -0.4 is 0 Å². The van der Waals surface area contributed by atoms with Crippen LogP contribution in [0.5, 0.6) is 0 Å². The predicted molar refractivity (Wildman–Crippen MR) is 140 cm³/mol. The van der Waals surface area contributed by atoms with Gasteiger partial charge in [-0.1, -0.05) is 51.9 Å². The molecule has 7 heteroatoms. The standard InChI is InChI=1S/C27H45N3O3Si/c1-18-9-10-22-21(15-29-30-28)23(11-12-26(18,22)5)27(6)14-19(16-31)24(32)13-20(27)17-33-34(7,8)25(2,3)4/h16,20-23,31H,1,9-15,17H2,2-8H3/t20-,21+,22+,23+,26-,27+/m1/s1. The molecule has 0 heterocycles. The summed E-state index contributed by atoms with van der Waals surface area (Å²) in [4.78, 5) is 16.0. The number of Topliss-reactive ketones (excluding diaryl/α,β-unsaturated/α-hetero) is 1. The van der Waals surface area contributed by atoms with E-state index in [2.05, 4.69) is 64.3 Å². The number of aliphatic hydroxyl groups is 1. The van der Waals surface area contributed by atoms with Crippen molar-refractivity contribution in [2.75, 3.05) is 13.2 Å². The number of nitrogens with zero attached hydrogens (tertiary/aromatic N) is 3. The topological polar surface area (TPSA) is 95.3 Å². The lowest BCUT2D eigenvalue weighted by Gasteiger charge is -2.56. The van der Waals surface area contributed by atoms with Gasteiger partial charge < -0.3 is 9.53 Å². The third kappa shape index (κ3) is 4.63. The number of hydrogen-bond acceptors (Lipinski definition) is 4. The molecule has 6 nitrogen and oxygen atoms in total. The van der Waals surface area contributed by atoms with Crippen LogP contribution in [-0.4, -0.2) is 32.4 Å². The molecular weight excluding hydrogens is 442 g/mol. The van der Waals surface area contributed by atoms with Crippen LogP contribution in [0.25, 0.3) is 10.4 Å². The minimum atomic E-state index is -1.98. The van der Waals surface area contributed by atoms with E-state index >= 15 is 0 Å². The van der Waals surface area contributed by atoms with E-state index in [1.807, 2.05) is 0 Å². The fraction of sp³-hybridized carbons (Fsp3) is 0.815. The van der Waals surface area contributed by atoms with E-state index in [0.717, 1.165) is 31.9 Å². The van der Waals surface area contributed by atoms with Crippen molar-refractivity contribution in [1.29, 1.82) is 0 Å². The van der Waals surface area contributed by atoms with Crippen LogP contribution in [-0.2, 0) is 9.22 Å². The minimum Gasteiger partial charge on any atom is -0.515 e. The number of allylic oxidation sites excluding steroid dienone is 2. The van der Waals surface area contributed by atoms with Crippen molar-refractivity contribution >= 4 is 14.1 Å². The molecule has 0 amide bonds. The highest BCUT2D eigenvalue weighted by atomic mass is 28.4. The number of azide groups is 1. The van der Waals surface area contributed by atoms with Gasteiger partial charge in [0.2, 0.25) is 0 Å². The van der Waals surface area contributed by atoms with Gasteiger partial charge in [0.05, 0.1) is 6.26 Å². The molecule has 3 saturated carbocycles. The molecule has 1 N–H and O–H groups in total. The Morgan fingerprint density at radius 2 is 1.97 bits per heavy atom. The highest BCUT2D eigenvalue weighted by Gasteiger charge is 2.57. The molecule has 3 aliphatic rings. The van der Waals surface area contributed by atoms with Gasteiger partial charge in [-0.3, -0.25) is 4.79 Å². The van der Waals surface area contributed by atoms with Gasteiger partial charge in [-0.2, -0.15) is 0 Å². The van der Waals surface area contributed by atoms with Gasteiger partial charge in [-0.05, 0) is 90.3 Å². The summed E-state index contributed by atoms with van der Waals surface area (Å²) in [5.74, 6) is 1.07. The number of fused-ring (bicyclic) bond motifs is 1. The van der Waals surface area contributed by atoms with E-state index in [9.17, 15) is 9.90 Å². The quantitative estimate of drug-likeness (QED) is 0.0789. The van der Waals surface area contributed by atoms with Gasteiger partial charge >= 0.3 is 0 Å². The third-order valence-corrected chi connectivity index (χ3v) is 15.0. The van der Waals surface area contributed by atoms with E-state index in [-0.39, 0.29) is 39.4 Å². The minimum absolute atomic E-state index is 0.0327. The Hall–Kier alpha value is -1.56. The highest BCUT2D eigenvalue weighted by molar-refractivity contribution is 6.74. The Morgan fingerprint density at radius 1 is 1.29 bits per heavy atom. The van der Waals surface area contributed by atoms with E-state index in [1.165, 1.54) is 5.57 Å². The fourth-order valence-corrected chi connectivity index (χ4v) is 8.02. The average Bonchev–Trinajstić information content (AvgIpc) is 3.06. The summed E-state index contributed by atoms with van der Waals surface area (Å²) < 4.78 is 6.69. The molecule has 0 aromatic carbocycles. The fourth-order valence-electron chi connectivity index (χ4n) is 6.97. The molecule has 0 saturated heterocycles. The molecule has 3 rings (SSSR count). The van der Waals surface area contributed by atoms with Crippen LogP contribution in [0.15, 0.2) is 29.1 Å². The van der Waals surface area contributed by atoms with Crippen LogP contribution in [0.1, 0.15) is 73.1 Å². The van der Waals surface area contributed by atoms with Crippen molar-refractivity contribution in [3.8, 4) is 0 Å². The molecule has 0 spiro atoms. The second kappa shape index (κ2) is 9.48. The summed E-state index contributed by atoms with van der Waals surface area (Å²) in [5.41, 5.74) is 10.9. The number of rotatable bonds is 6. The number of carbonyl (C=O) groups excluding carboxylic acids is 1. The molecule has 34 heavy (non-hydrogen) atoms. The van der Waals surface area contributed by atoms with Gasteiger partial charge in [0.15, 0.2) is 14.1 Å². The molecule has 3 aliphatic carbocycles. The van der Waals surface area contributed by atoms with Gasteiger partial charge in [0.1, 0.15) is 0 Å². The maximum atomic E-state index is 12.9. The van der Waals surface area contributed by atoms with Gasteiger partial charge in [-0.25, -0.2) is 0 Å². The van der Waals surface area contributed by atoms with E-state index < -0.39 is 8.32 Å². The van der Waals surface area contributed by atoms with Crippen LogP contribution in [0.4, 0.5) is 0 Å². The Balaban J connectivity index is 1.99. The van der Waals surface area contributed by atoms with Crippen LogP contribution in [0.2, 0.25) is 18.1 Å². The number of ketones is 1. The molecule has 0 radical (unpaired) electrons. The zero-order valence-corrected chi connectivity index (χ0v) is 23.4. The van der Waals surface area contributed by atoms with Crippen LogP contribution >= 0.6 is 0 Å². The normalized spacial score (nSPS) is 38.0. The molecule has 0 unspecified atom stereocenters. The van der Waals surface area contributed by atoms with E-state index in [0.29, 0.717) is 37.5 Å². The number of hydrogen-bond donors (Lipinski definition) is 1. The second-order valence-corrected chi connectivity index (χ2v) is 17.9. The van der Waals surface area contributed by atoms with Crippen molar-refractivity contribution in [3.05, 3.63) is 34.4 Å². The lowest BCUT2D eigenvalue weighted by Crippen LogP contribution is -2.53. The highest BCUT2D eigenvalue weighted by Crippen LogP contribution is 2.63. The molecule has 3 fully saturated rings. The first kappa shape index (κ1) is 27.0. The summed E-state index contributed by atoms with van der Waals surface area (Å²) in [5, 5.41) is 14.1. The zero-order chi connectivity index (χ0) is 25.5. The Morgan fingerprint density at radius 3 is 2.56 bits per heavy atom. The Labute approximate surface area is 207 Å². The molecular formula is C27H45N3O3Si. The SMILES string of the molecule is C=C1CC[C@H]2[C@H](CN=[N+]=[N-])[C@@H]([C@@]3(C)CC(=CO)C(=O)C[C@@H]3CO[Si](C)(C)C(C)(C)C)CC[C@]12C. The lowest BCUT2D eigenvalue weighted by molar-refractivity contribution is -0.125. The maximum Gasteiger partial charge on any atom is 0.191 e. The first-order valence-electron chi connectivity index (χ1n) is 12.9. The molecule has 0 bridgehead atoms. The van der Waals surface area contributed by atoms with Crippen molar-refractivity contribution < 1.29 is 14.3 Å². The number of carbonyl (C=O) groups is 1. The molecule has 190 valence electrons. The monoisotopic (exact) mass is 487 g/mol. The Kier molecular flexibility index (Phi) is 7.53. The number of aliphatic hydroxyl groups excluding tert-OH is 1. The molecule has 0 aliphatic heterocycles. The van der Waals surface area contributed by atoms with Crippen LogP contribution in [0, 0.1) is 34.5 Å². The first-order chi connectivity index (χ1) is 15.7. The van der Waals surface area contributed by atoms with Crippen LogP contribution in [0.3, 0.4) is 0 Å². The molecule has 0 aromatic heterocycles. The predicted octanol–water partition coefficient (Wildman–Crippen LogP) is 7.74. The van der Waals surface area contributed by atoms with Gasteiger partial charge in [-0.15, -0.1) is 0 Å². The lowest BCUT2D eigenvalue weighted by atomic mass is 9.49. The average molecular weight is 488 g/mol. The van der Waals surface area contributed by atoms with Gasteiger partial charge in [0.25, 0.3) is 0 Å². The maximum absolute atomic E-state index is 12.9. The van der Waals surface area contributed by atoms with Crippen molar-refractivity contribution in [2.24, 2.45) is 39.6 Å². The van der Waals surface area contributed by atoms with E-state index in [4.69, 9.17) is 9.96 Å². The first-order valence-corrected chi connectivity index (χ1v) is 15.8. The third-order valence-electron chi connectivity index (χ3n) is 10.5. The summed E-state index contributed by atoms with van der Waals surface area (Å²) in [7, 11) is -1.98. The summed E-state index contributed by atoms with van der Waals surface area (Å²) in [6, 6.07) is 0. The molecule has 0 aromatic rings. The van der Waals surface area contributed by atoms with Crippen molar-refractivity contribution in [2.45, 2.75) is 91.3 Å². The largest absolute Gasteiger partial charge is 0.515 e. The van der Waals surface area contributed by atoms with Crippen molar-refractivity contribution in [3.63, 3.8) is 0 Å². The zero-order valence-electron chi connectivity index (χ0n) is 22.4. The summed E-state index contributed by atoms with van der Waals surface area (Å²) >= 11 is 0. The Bertz CT molecular complexity index is 901. The second-order valence-electron chi connectivity index (χ2n) is 13.1.